The van der Waals surface area contributed by atoms with E-state index in [2.05, 4.69) is 10.2 Å². The standard InChI is InChI=1S/C15H21FN2O2/c16-13-4-1-2-5-14(13)17-12-7-10-18(11-8-12)9-3-6-15(19)20/h1-2,4-5,12,17H,3,6-11H2,(H,19,20). The first kappa shape index (κ1) is 14.8. The van der Waals surface area contributed by atoms with Crippen LogP contribution in [0.15, 0.2) is 24.3 Å². The van der Waals surface area contributed by atoms with Crippen LogP contribution in [-0.4, -0.2) is 41.7 Å². The molecule has 0 aliphatic carbocycles. The number of benzene rings is 1. The first-order valence-corrected chi connectivity index (χ1v) is 7.10. The van der Waals surface area contributed by atoms with Gasteiger partial charge in [0.05, 0.1) is 5.69 Å². The number of hydrogen-bond donors (Lipinski definition) is 2. The summed E-state index contributed by atoms with van der Waals surface area (Å²) in [5.74, 6) is -0.947. The fraction of sp³-hybridized carbons (Fsp3) is 0.533. The zero-order chi connectivity index (χ0) is 14.4. The van der Waals surface area contributed by atoms with Crippen LogP contribution in [0.1, 0.15) is 25.7 Å². The molecule has 1 saturated heterocycles. The molecule has 1 fully saturated rings. The van der Waals surface area contributed by atoms with Crippen LogP contribution < -0.4 is 5.32 Å². The number of para-hydroxylation sites is 1. The molecular formula is C15H21FN2O2. The predicted octanol–water partition coefficient (Wildman–Crippen LogP) is 2.57. The molecule has 1 aliphatic heterocycles. The van der Waals surface area contributed by atoms with Gasteiger partial charge in [0.15, 0.2) is 0 Å². The maximum Gasteiger partial charge on any atom is 0.303 e. The molecule has 0 aromatic heterocycles. The van der Waals surface area contributed by atoms with Crippen LogP contribution in [0.3, 0.4) is 0 Å². The van der Waals surface area contributed by atoms with Crippen molar-refractivity contribution in [2.45, 2.75) is 31.7 Å². The first-order chi connectivity index (χ1) is 9.65. The predicted molar refractivity (Wildman–Crippen MR) is 76.4 cm³/mol. The van der Waals surface area contributed by atoms with Gasteiger partial charge in [-0.3, -0.25) is 4.79 Å². The summed E-state index contributed by atoms with van der Waals surface area (Å²) >= 11 is 0. The molecule has 0 atom stereocenters. The van der Waals surface area contributed by atoms with E-state index in [1.54, 1.807) is 12.1 Å². The number of carboxylic acids is 1. The number of piperidine rings is 1. The Morgan fingerprint density at radius 2 is 2.05 bits per heavy atom. The molecule has 2 rings (SSSR count). The van der Waals surface area contributed by atoms with Gasteiger partial charge in [0.2, 0.25) is 0 Å². The zero-order valence-electron chi connectivity index (χ0n) is 11.5. The van der Waals surface area contributed by atoms with E-state index in [9.17, 15) is 9.18 Å². The van der Waals surface area contributed by atoms with E-state index in [0.717, 1.165) is 32.5 Å². The molecule has 1 aromatic rings. The molecule has 0 spiro atoms. The van der Waals surface area contributed by atoms with Crippen LogP contribution in [0, 0.1) is 5.82 Å². The lowest BCUT2D eigenvalue weighted by atomic mass is 10.0. The van der Waals surface area contributed by atoms with Gasteiger partial charge >= 0.3 is 5.97 Å². The van der Waals surface area contributed by atoms with Crippen LogP contribution in [0.4, 0.5) is 10.1 Å². The lowest BCUT2D eigenvalue weighted by molar-refractivity contribution is -0.137. The number of carbonyl (C=O) groups is 1. The zero-order valence-corrected chi connectivity index (χ0v) is 11.5. The molecule has 0 unspecified atom stereocenters. The molecular weight excluding hydrogens is 259 g/mol. The second-order valence-electron chi connectivity index (χ2n) is 5.24. The molecule has 4 nitrogen and oxygen atoms in total. The van der Waals surface area contributed by atoms with Crippen molar-refractivity contribution in [3.63, 3.8) is 0 Å². The molecule has 0 saturated carbocycles. The van der Waals surface area contributed by atoms with Crippen molar-refractivity contribution >= 4 is 11.7 Å². The number of aliphatic carboxylic acids is 1. The maximum atomic E-state index is 13.5. The Labute approximate surface area is 118 Å². The average Bonchev–Trinajstić information content (AvgIpc) is 2.43. The van der Waals surface area contributed by atoms with E-state index in [1.807, 2.05) is 6.07 Å². The number of anilines is 1. The summed E-state index contributed by atoms with van der Waals surface area (Å²) in [5, 5.41) is 11.9. The second-order valence-corrected chi connectivity index (χ2v) is 5.24. The molecule has 20 heavy (non-hydrogen) atoms. The number of carboxylic acid groups (broad SMARTS) is 1. The van der Waals surface area contributed by atoms with Crippen LogP contribution >= 0.6 is 0 Å². The normalized spacial score (nSPS) is 17.1. The summed E-state index contributed by atoms with van der Waals surface area (Å²) in [4.78, 5) is 12.7. The van der Waals surface area contributed by atoms with E-state index in [4.69, 9.17) is 5.11 Å². The minimum atomic E-state index is -0.735. The van der Waals surface area contributed by atoms with E-state index in [0.29, 0.717) is 18.2 Å². The fourth-order valence-corrected chi connectivity index (χ4v) is 2.55. The smallest absolute Gasteiger partial charge is 0.303 e. The van der Waals surface area contributed by atoms with Crippen LogP contribution in [0.5, 0.6) is 0 Å². The van der Waals surface area contributed by atoms with E-state index in [1.165, 1.54) is 6.07 Å². The number of rotatable bonds is 6. The number of halogens is 1. The Bertz CT molecular complexity index is 445. The molecule has 0 bridgehead atoms. The lowest BCUT2D eigenvalue weighted by Crippen LogP contribution is -2.39. The Balaban J connectivity index is 1.72. The van der Waals surface area contributed by atoms with Gasteiger partial charge < -0.3 is 15.3 Å². The number of likely N-dealkylation sites (tertiary alicyclic amines) is 1. The molecule has 1 aliphatic rings. The summed E-state index contributed by atoms with van der Waals surface area (Å²) < 4.78 is 13.5. The number of nitrogens with one attached hydrogen (secondary N) is 1. The summed E-state index contributed by atoms with van der Waals surface area (Å²) in [6.07, 6.45) is 2.84. The van der Waals surface area contributed by atoms with Crippen molar-refractivity contribution in [3.8, 4) is 0 Å². The van der Waals surface area contributed by atoms with Crippen LogP contribution in [0.2, 0.25) is 0 Å². The third-order valence-electron chi connectivity index (χ3n) is 3.69. The Morgan fingerprint density at radius 1 is 1.35 bits per heavy atom. The molecule has 1 aromatic carbocycles. The van der Waals surface area contributed by atoms with E-state index < -0.39 is 5.97 Å². The summed E-state index contributed by atoms with van der Waals surface area (Å²) in [5.41, 5.74) is 0.567. The van der Waals surface area contributed by atoms with Crippen molar-refractivity contribution in [1.29, 1.82) is 0 Å². The minimum Gasteiger partial charge on any atom is -0.481 e. The number of hydrogen-bond acceptors (Lipinski definition) is 3. The monoisotopic (exact) mass is 280 g/mol. The first-order valence-electron chi connectivity index (χ1n) is 7.10. The van der Waals surface area contributed by atoms with Gasteiger partial charge in [-0.15, -0.1) is 0 Å². The highest BCUT2D eigenvalue weighted by molar-refractivity contribution is 5.66. The van der Waals surface area contributed by atoms with Gasteiger partial charge in [0.1, 0.15) is 5.82 Å². The van der Waals surface area contributed by atoms with Gasteiger partial charge in [0, 0.05) is 25.6 Å². The molecule has 110 valence electrons. The third-order valence-corrected chi connectivity index (χ3v) is 3.69. The van der Waals surface area contributed by atoms with Crippen molar-refractivity contribution in [1.82, 2.24) is 4.90 Å². The summed E-state index contributed by atoms with van der Waals surface area (Å²) in [6.45, 7) is 2.70. The van der Waals surface area contributed by atoms with Crippen molar-refractivity contribution in [2.75, 3.05) is 25.0 Å². The Hall–Kier alpha value is -1.62. The quantitative estimate of drug-likeness (QED) is 0.841. The fourth-order valence-electron chi connectivity index (χ4n) is 2.55. The summed E-state index contributed by atoms with van der Waals surface area (Å²) in [7, 11) is 0. The summed E-state index contributed by atoms with van der Waals surface area (Å²) in [6, 6.07) is 7.03. The third kappa shape index (κ3) is 4.49. The second kappa shape index (κ2) is 7.24. The molecule has 5 heteroatoms. The largest absolute Gasteiger partial charge is 0.481 e. The SMILES string of the molecule is O=C(O)CCCN1CCC(Nc2ccccc2F)CC1. The Morgan fingerprint density at radius 3 is 2.70 bits per heavy atom. The molecule has 1 heterocycles. The molecule has 0 radical (unpaired) electrons. The average molecular weight is 280 g/mol. The van der Waals surface area contributed by atoms with E-state index in [-0.39, 0.29) is 12.2 Å². The van der Waals surface area contributed by atoms with Gasteiger partial charge in [-0.1, -0.05) is 12.1 Å². The van der Waals surface area contributed by atoms with E-state index >= 15 is 0 Å². The van der Waals surface area contributed by atoms with Crippen LogP contribution in [-0.2, 0) is 4.79 Å². The minimum absolute atomic E-state index is 0.212. The lowest BCUT2D eigenvalue weighted by Gasteiger charge is -2.32. The topological polar surface area (TPSA) is 52.6 Å². The van der Waals surface area contributed by atoms with Crippen molar-refractivity contribution in [3.05, 3.63) is 30.1 Å². The Kier molecular flexibility index (Phi) is 5.35. The van der Waals surface area contributed by atoms with Gasteiger partial charge in [-0.05, 0) is 37.9 Å². The maximum absolute atomic E-state index is 13.5. The molecule has 0 amide bonds. The molecule has 2 N–H and O–H groups in total. The van der Waals surface area contributed by atoms with Gasteiger partial charge in [0.25, 0.3) is 0 Å². The highest BCUT2D eigenvalue weighted by Gasteiger charge is 2.19. The van der Waals surface area contributed by atoms with Gasteiger partial charge in [-0.2, -0.15) is 0 Å². The van der Waals surface area contributed by atoms with Crippen molar-refractivity contribution < 1.29 is 14.3 Å². The van der Waals surface area contributed by atoms with Crippen LogP contribution in [0.25, 0.3) is 0 Å². The highest BCUT2D eigenvalue weighted by atomic mass is 19.1. The van der Waals surface area contributed by atoms with Crippen molar-refractivity contribution in [2.24, 2.45) is 0 Å². The highest BCUT2D eigenvalue weighted by Crippen LogP contribution is 2.19. The number of nitrogens with zero attached hydrogens (tertiary/aromatic N) is 1. The van der Waals surface area contributed by atoms with Gasteiger partial charge in [-0.25, -0.2) is 4.39 Å².